The van der Waals surface area contributed by atoms with Gasteiger partial charge in [0.2, 0.25) is 0 Å². The Morgan fingerprint density at radius 3 is 1.82 bits per heavy atom. The van der Waals surface area contributed by atoms with Gasteiger partial charge in [-0.1, -0.05) is 23.7 Å². The van der Waals surface area contributed by atoms with Crippen molar-refractivity contribution in [1.29, 1.82) is 0 Å². The number of phenolic OH excluding ortho intramolecular Hbond substituents is 1. The number of aromatic hydroxyl groups is 1. The molecule has 0 amide bonds. The monoisotopic (exact) mass is 592 g/mol. The minimum atomic E-state index is -5.25. The molecule has 0 atom stereocenters. The number of ether oxygens (including phenoxy) is 1. The third-order valence-electron chi connectivity index (χ3n) is 5.43. The van der Waals surface area contributed by atoms with E-state index in [9.17, 15) is 44.6 Å². The smallest absolute Gasteiger partial charge is 0.433 e. The molecule has 3 aromatic carbocycles. The van der Waals surface area contributed by atoms with E-state index in [1.807, 2.05) is 0 Å². The van der Waals surface area contributed by atoms with Crippen molar-refractivity contribution in [2.24, 2.45) is 0 Å². The van der Waals surface area contributed by atoms with Gasteiger partial charge >= 0.3 is 18.5 Å². The van der Waals surface area contributed by atoms with Crippen LogP contribution in [0.25, 0.3) is 22.6 Å². The summed E-state index contributed by atoms with van der Waals surface area (Å²) in [5, 5.41) is 11.0. The number of rotatable bonds is 5. The maximum atomic E-state index is 13.6. The first-order valence-corrected chi connectivity index (χ1v) is 11.4. The van der Waals surface area contributed by atoms with E-state index in [2.05, 4.69) is 9.97 Å². The zero-order chi connectivity index (χ0) is 29.5. The zero-order valence-electron chi connectivity index (χ0n) is 19.6. The number of alkyl halides is 9. The average Bonchev–Trinajstić information content (AvgIpc) is 2.86. The first kappa shape index (κ1) is 29.0. The van der Waals surface area contributed by atoms with Gasteiger partial charge in [-0.2, -0.15) is 39.5 Å². The van der Waals surface area contributed by atoms with Crippen LogP contribution in [0.4, 0.5) is 39.5 Å². The molecule has 40 heavy (non-hydrogen) atoms. The number of hydrogen-bond donors (Lipinski definition) is 1. The molecule has 0 saturated heterocycles. The molecule has 0 aliphatic heterocycles. The predicted molar refractivity (Wildman–Crippen MR) is 125 cm³/mol. The lowest BCUT2D eigenvalue weighted by Gasteiger charge is -2.16. The van der Waals surface area contributed by atoms with E-state index in [1.54, 1.807) is 24.3 Å². The van der Waals surface area contributed by atoms with Crippen molar-refractivity contribution in [3.05, 3.63) is 94.1 Å². The van der Waals surface area contributed by atoms with Gasteiger partial charge in [0.25, 0.3) is 0 Å². The van der Waals surface area contributed by atoms with Gasteiger partial charge in [-0.15, -0.1) is 0 Å². The van der Waals surface area contributed by atoms with Crippen LogP contribution in [0, 0.1) is 0 Å². The lowest BCUT2D eigenvalue weighted by Crippen LogP contribution is -2.13. The Morgan fingerprint density at radius 1 is 0.700 bits per heavy atom. The Hall–Kier alpha value is -4.00. The minimum Gasteiger partial charge on any atom is -0.507 e. The highest BCUT2D eigenvalue weighted by molar-refractivity contribution is 6.30. The average molecular weight is 593 g/mol. The van der Waals surface area contributed by atoms with Crippen LogP contribution < -0.4 is 4.74 Å². The van der Waals surface area contributed by atoms with Gasteiger partial charge in [-0.3, -0.25) is 0 Å². The molecule has 0 unspecified atom stereocenters. The van der Waals surface area contributed by atoms with E-state index >= 15 is 0 Å². The third kappa shape index (κ3) is 6.76. The molecule has 1 aromatic heterocycles. The van der Waals surface area contributed by atoms with E-state index in [0.29, 0.717) is 16.7 Å². The minimum absolute atomic E-state index is 0.0446. The molecule has 0 bridgehead atoms. The first-order chi connectivity index (χ1) is 18.5. The van der Waals surface area contributed by atoms with Gasteiger partial charge in [-0.05, 0) is 54.1 Å². The lowest BCUT2D eigenvalue weighted by molar-refractivity contribution is -0.143. The second-order valence-corrected chi connectivity index (χ2v) is 8.78. The molecule has 0 aliphatic rings. The fourth-order valence-electron chi connectivity index (χ4n) is 3.51. The Labute approximate surface area is 224 Å². The van der Waals surface area contributed by atoms with Crippen LogP contribution in [0.5, 0.6) is 11.5 Å². The summed E-state index contributed by atoms with van der Waals surface area (Å²) in [5.41, 5.74) is -6.34. The molecule has 4 rings (SSSR count). The molecule has 0 saturated carbocycles. The third-order valence-corrected chi connectivity index (χ3v) is 5.68. The molecule has 0 aliphatic carbocycles. The molecule has 1 N–H and O–H groups in total. The molecule has 1 heterocycles. The maximum absolute atomic E-state index is 13.6. The number of benzene rings is 3. The van der Waals surface area contributed by atoms with Crippen LogP contribution in [0.2, 0.25) is 5.02 Å². The fourth-order valence-corrected chi connectivity index (χ4v) is 3.63. The van der Waals surface area contributed by atoms with Crippen molar-refractivity contribution in [1.82, 2.24) is 9.97 Å². The Bertz CT molecular complexity index is 1500. The van der Waals surface area contributed by atoms with Crippen molar-refractivity contribution in [2.75, 3.05) is 0 Å². The Balaban J connectivity index is 1.77. The van der Waals surface area contributed by atoms with Gasteiger partial charge < -0.3 is 9.84 Å². The van der Waals surface area contributed by atoms with E-state index < -0.39 is 58.2 Å². The molecule has 0 fully saturated rings. The summed E-state index contributed by atoms with van der Waals surface area (Å²) in [6, 6.07) is 10.7. The molecule has 0 radical (unpaired) electrons. The summed E-state index contributed by atoms with van der Waals surface area (Å²) in [7, 11) is 0. The highest BCUT2D eigenvalue weighted by atomic mass is 35.5. The summed E-state index contributed by atoms with van der Waals surface area (Å²) in [6.45, 7) is 0.0446. The number of hydrogen-bond acceptors (Lipinski definition) is 4. The maximum Gasteiger partial charge on any atom is 0.433 e. The fraction of sp³-hybridized carbons (Fsp3) is 0.154. The van der Waals surface area contributed by atoms with Gasteiger partial charge in [0, 0.05) is 22.2 Å². The summed E-state index contributed by atoms with van der Waals surface area (Å²) in [5.74, 6) is -1.58. The van der Waals surface area contributed by atoms with Crippen LogP contribution in [0.3, 0.4) is 0 Å². The highest BCUT2D eigenvalue weighted by Gasteiger charge is 2.38. The molecular formula is C26H14ClF9N2O2. The summed E-state index contributed by atoms with van der Waals surface area (Å²) >= 11 is 5.82. The van der Waals surface area contributed by atoms with E-state index in [0.717, 1.165) is 12.1 Å². The van der Waals surface area contributed by atoms with Gasteiger partial charge in [0.1, 0.15) is 23.8 Å². The van der Waals surface area contributed by atoms with Crippen LogP contribution in [-0.4, -0.2) is 15.1 Å². The molecular weight excluding hydrogens is 579 g/mol. The standard InChI is InChI=1S/C26H14ClF9N2O2/c27-17-3-1-13(2-4-17)12-40-18-5-6-19(21(39)10-18)20-11-22(26(34,35)36)38-23(37-20)14-7-15(24(28,29)30)9-16(8-14)25(31,32)33/h1-11,39H,12H2. The van der Waals surface area contributed by atoms with Crippen molar-refractivity contribution in [3.63, 3.8) is 0 Å². The first-order valence-electron chi connectivity index (χ1n) is 11.0. The summed E-state index contributed by atoms with van der Waals surface area (Å²) in [4.78, 5) is 6.94. The van der Waals surface area contributed by atoms with Crippen LogP contribution >= 0.6 is 11.6 Å². The van der Waals surface area contributed by atoms with Gasteiger partial charge in [0.05, 0.1) is 16.8 Å². The van der Waals surface area contributed by atoms with Crippen LogP contribution in [-0.2, 0) is 25.1 Å². The molecule has 4 aromatic rings. The second kappa shape index (κ2) is 10.5. The topological polar surface area (TPSA) is 55.2 Å². The molecule has 14 heteroatoms. The van der Waals surface area contributed by atoms with Crippen molar-refractivity contribution < 1.29 is 49.4 Å². The second-order valence-electron chi connectivity index (χ2n) is 8.35. The van der Waals surface area contributed by atoms with Crippen molar-refractivity contribution >= 4 is 11.6 Å². The highest BCUT2D eigenvalue weighted by Crippen LogP contribution is 2.40. The van der Waals surface area contributed by atoms with Crippen LogP contribution in [0.15, 0.2) is 66.7 Å². The zero-order valence-corrected chi connectivity index (χ0v) is 20.3. The van der Waals surface area contributed by atoms with E-state index in [1.165, 1.54) is 6.07 Å². The Kier molecular flexibility index (Phi) is 7.63. The van der Waals surface area contributed by atoms with E-state index in [4.69, 9.17) is 16.3 Å². The Morgan fingerprint density at radius 2 is 1.30 bits per heavy atom. The van der Waals surface area contributed by atoms with E-state index in [-0.39, 0.29) is 36.1 Å². The van der Waals surface area contributed by atoms with Gasteiger partial charge in [0.15, 0.2) is 5.82 Å². The number of phenols is 1. The lowest BCUT2D eigenvalue weighted by atomic mass is 10.0. The van der Waals surface area contributed by atoms with Crippen molar-refractivity contribution in [2.45, 2.75) is 25.1 Å². The number of halogens is 10. The SMILES string of the molecule is Oc1cc(OCc2ccc(Cl)cc2)ccc1-c1cc(C(F)(F)F)nc(-c2cc(C(F)(F)F)cc(C(F)(F)F)c2)n1. The molecule has 210 valence electrons. The molecule has 4 nitrogen and oxygen atoms in total. The predicted octanol–water partition coefficient (Wildman–Crippen LogP) is 8.81. The quantitative estimate of drug-likeness (QED) is 0.235. The van der Waals surface area contributed by atoms with Crippen molar-refractivity contribution in [3.8, 4) is 34.1 Å². The van der Waals surface area contributed by atoms with Gasteiger partial charge in [-0.25, -0.2) is 9.97 Å². The summed E-state index contributed by atoms with van der Waals surface area (Å²) in [6.07, 6.45) is -15.7. The van der Waals surface area contributed by atoms with Crippen LogP contribution in [0.1, 0.15) is 22.4 Å². The number of aromatic nitrogens is 2. The summed E-state index contributed by atoms with van der Waals surface area (Å²) < 4.78 is 126. The largest absolute Gasteiger partial charge is 0.507 e. The molecule has 0 spiro atoms. The number of nitrogens with zero attached hydrogens (tertiary/aromatic N) is 2. The normalized spacial score (nSPS) is 12.4.